The maximum Gasteiger partial charge on any atom is 0.161 e. The van der Waals surface area contributed by atoms with E-state index in [0.29, 0.717) is 12.4 Å². The van der Waals surface area contributed by atoms with Gasteiger partial charge in [0, 0.05) is 13.1 Å². The highest BCUT2D eigenvalue weighted by Gasteiger charge is 2.19. The van der Waals surface area contributed by atoms with Crippen molar-refractivity contribution in [2.45, 2.75) is 32.7 Å². The molecule has 1 aliphatic heterocycles. The minimum atomic E-state index is 0.218. The molecule has 0 spiro atoms. The second kappa shape index (κ2) is 7.50. The number of piperidine rings is 1. The van der Waals surface area contributed by atoms with Gasteiger partial charge in [-0.15, -0.1) is 0 Å². The van der Waals surface area contributed by atoms with Crippen LogP contribution in [0.3, 0.4) is 0 Å². The molecule has 4 nitrogen and oxygen atoms in total. The molecule has 1 unspecified atom stereocenters. The van der Waals surface area contributed by atoms with Gasteiger partial charge in [-0.3, -0.25) is 4.90 Å². The molecule has 1 saturated heterocycles. The number of benzene rings is 1. The van der Waals surface area contributed by atoms with Crippen LogP contribution in [0.5, 0.6) is 11.5 Å². The number of rotatable bonds is 6. The lowest BCUT2D eigenvalue weighted by Gasteiger charge is -2.32. The molecule has 1 aromatic carbocycles. The van der Waals surface area contributed by atoms with Gasteiger partial charge >= 0.3 is 0 Å². The summed E-state index contributed by atoms with van der Waals surface area (Å²) in [7, 11) is 0. The lowest BCUT2D eigenvalue weighted by atomic mass is 9.94. The second-order valence-corrected chi connectivity index (χ2v) is 5.56. The largest absolute Gasteiger partial charge is 0.504 e. The molecule has 1 aromatic rings. The molecule has 3 N–H and O–H groups in total. The van der Waals surface area contributed by atoms with E-state index >= 15 is 0 Å². The highest BCUT2D eigenvalue weighted by molar-refractivity contribution is 5.41. The SMILES string of the molecule is CCOc1cc(CN2CCCC(CCN)C2)ccc1O. The Morgan fingerprint density at radius 2 is 2.30 bits per heavy atom. The van der Waals surface area contributed by atoms with Crippen LogP contribution in [0, 0.1) is 5.92 Å². The molecule has 0 saturated carbocycles. The normalized spacial score (nSPS) is 20.0. The van der Waals surface area contributed by atoms with Crippen molar-refractivity contribution in [2.75, 3.05) is 26.2 Å². The zero-order chi connectivity index (χ0) is 14.4. The average molecular weight is 278 g/mol. The molecule has 20 heavy (non-hydrogen) atoms. The minimum absolute atomic E-state index is 0.218. The molecule has 0 aromatic heterocycles. The van der Waals surface area contributed by atoms with Crippen molar-refractivity contribution in [3.8, 4) is 11.5 Å². The van der Waals surface area contributed by atoms with Gasteiger partial charge in [-0.1, -0.05) is 6.07 Å². The van der Waals surface area contributed by atoms with E-state index in [1.54, 1.807) is 6.07 Å². The molecule has 0 aliphatic carbocycles. The van der Waals surface area contributed by atoms with Crippen LogP contribution in [-0.2, 0) is 6.54 Å². The van der Waals surface area contributed by atoms with Crippen LogP contribution in [0.2, 0.25) is 0 Å². The summed E-state index contributed by atoms with van der Waals surface area (Å²) in [5.41, 5.74) is 6.86. The summed E-state index contributed by atoms with van der Waals surface area (Å²) in [6.07, 6.45) is 3.67. The molecule has 2 rings (SSSR count). The van der Waals surface area contributed by atoms with Gasteiger partial charge in [0.2, 0.25) is 0 Å². The molecule has 1 heterocycles. The topological polar surface area (TPSA) is 58.7 Å². The molecule has 1 fully saturated rings. The van der Waals surface area contributed by atoms with Gasteiger partial charge in [0.05, 0.1) is 6.61 Å². The summed E-state index contributed by atoms with van der Waals surface area (Å²) < 4.78 is 5.44. The van der Waals surface area contributed by atoms with Gasteiger partial charge in [0.25, 0.3) is 0 Å². The third-order valence-electron chi connectivity index (χ3n) is 3.91. The third-order valence-corrected chi connectivity index (χ3v) is 3.91. The highest BCUT2D eigenvalue weighted by atomic mass is 16.5. The molecular weight excluding hydrogens is 252 g/mol. The molecule has 0 amide bonds. The molecule has 0 radical (unpaired) electrons. The van der Waals surface area contributed by atoms with E-state index in [9.17, 15) is 5.11 Å². The number of hydrogen-bond acceptors (Lipinski definition) is 4. The first-order valence-electron chi connectivity index (χ1n) is 7.60. The smallest absolute Gasteiger partial charge is 0.161 e. The van der Waals surface area contributed by atoms with Gasteiger partial charge < -0.3 is 15.6 Å². The van der Waals surface area contributed by atoms with Crippen molar-refractivity contribution < 1.29 is 9.84 Å². The first kappa shape index (κ1) is 15.1. The fourth-order valence-electron chi connectivity index (χ4n) is 2.95. The first-order chi connectivity index (χ1) is 9.72. The van der Waals surface area contributed by atoms with Crippen LogP contribution in [-0.4, -0.2) is 36.2 Å². The van der Waals surface area contributed by atoms with Crippen molar-refractivity contribution >= 4 is 0 Å². The number of ether oxygens (including phenoxy) is 1. The number of phenolic OH excluding ortho intramolecular Hbond substituents is 1. The molecular formula is C16H26N2O2. The Morgan fingerprint density at radius 3 is 3.05 bits per heavy atom. The fourth-order valence-corrected chi connectivity index (χ4v) is 2.95. The van der Waals surface area contributed by atoms with Crippen LogP contribution in [0.4, 0.5) is 0 Å². The average Bonchev–Trinajstić information content (AvgIpc) is 2.44. The van der Waals surface area contributed by atoms with E-state index < -0.39 is 0 Å². The van der Waals surface area contributed by atoms with Crippen LogP contribution < -0.4 is 10.5 Å². The predicted octanol–water partition coefficient (Wildman–Crippen LogP) is 2.35. The second-order valence-electron chi connectivity index (χ2n) is 5.56. The number of nitrogens with zero attached hydrogens (tertiary/aromatic N) is 1. The van der Waals surface area contributed by atoms with E-state index in [2.05, 4.69) is 4.90 Å². The quantitative estimate of drug-likeness (QED) is 0.838. The zero-order valence-electron chi connectivity index (χ0n) is 12.3. The van der Waals surface area contributed by atoms with Crippen molar-refractivity contribution in [1.29, 1.82) is 0 Å². The van der Waals surface area contributed by atoms with Crippen molar-refractivity contribution in [2.24, 2.45) is 11.7 Å². The molecule has 1 atom stereocenters. The van der Waals surface area contributed by atoms with Crippen molar-refractivity contribution in [3.63, 3.8) is 0 Å². The van der Waals surface area contributed by atoms with Crippen LogP contribution in [0.1, 0.15) is 31.7 Å². The van der Waals surface area contributed by atoms with E-state index in [4.69, 9.17) is 10.5 Å². The maximum atomic E-state index is 9.73. The van der Waals surface area contributed by atoms with Crippen LogP contribution in [0.15, 0.2) is 18.2 Å². The lowest BCUT2D eigenvalue weighted by Crippen LogP contribution is -2.35. The number of hydrogen-bond donors (Lipinski definition) is 2. The van der Waals surface area contributed by atoms with Gasteiger partial charge in [0.15, 0.2) is 11.5 Å². The van der Waals surface area contributed by atoms with Crippen molar-refractivity contribution in [3.05, 3.63) is 23.8 Å². The molecule has 112 valence electrons. The number of likely N-dealkylation sites (tertiary alicyclic amines) is 1. The zero-order valence-corrected chi connectivity index (χ0v) is 12.3. The Balaban J connectivity index is 1.96. The Bertz CT molecular complexity index is 421. The summed E-state index contributed by atoms with van der Waals surface area (Å²) >= 11 is 0. The van der Waals surface area contributed by atoms with E-state index in [1.165, 1.54) is 18.4 Å². The number of aromatic hydroxyl groups is 1. The summed E-state index contributed by atoms with van der Waals surface area (Å²) in [5, 5.41) is 9.73. The monoisotopic (exact) mass is 278 g/mol. The summed E-state index contributed by atoms with van der Waals surface area (Å²) in [5.74, 6) is 1.54. The molecule has 0 bridgehead atoms. The summed E-state index contributed by atoms with van der Waals surface area (Å²) in [4.78, 5) is 2.48. The summed E-state index contributed by atoms with van der Waals surface area (Å²) in [6.45, 7) is 6.47. The summed E-state index contributed by atoms with van der Waals surface area (Å²) in [6, 6.07) is 5.65. The Kier molecular flexibility index (Phi) is 5.68. The van der Waals surface area contributed by atoms with E-state index in [0.717, 1.165) is 38.5 Å². The number of nitrogens with two attached hydrogens (primary N) is 1. The third kappa shape index (κ3) is 4.12. The first-order valence-corrected chi connectivity index (χ1v) is 7.60. The molecule has 4 heteroatoms. The predicted molar refractivity (Wildman–Crippen MR) is 80.9 cm³/mol. The maximum absolute atomic E-state index is 9.73. The fraction of sp³-hybridized carbons (Fsp3) is 0.625. The van der Waals surface area contributed by atoms with Gasteiger partial charge in [0.1, 0.15) is 0 Å². The molecule has 1 aliphatic rings. The Hall–Kier alpha value is -1.26. The standard InChI is InChI=1S/C16H26N2O2/c1-2-20-16-10-14(5-6-15(16)19)12-18-9-3-4-13(11-18)7-8-17/h5-6,10,13,19H,2-4,7-9,11-12,17H2,1H3. The van der Waals surface area contributed by atoms with Crippen LogP contribution >= 0.6 is 0 Å². The Labute approximate surface area is 121 Å². The van der Waals surface area contributed by atoms with Gasteiger partial charge in [-0.05, 0) is 62.9 Å². The lowest BCUT2D eigenvalue weighted by molar-refractivity contribution is 0.163. The van der Waals surface area contributed by atoms with Gasteiger partial charge in [-0.2, -0.15) is 0 Å². The van der Waals surface area contributed by atoms with Crippen molar-refractivity contribution in [1.82, 2.24) is 4.90 Å². The minimum Gasteiger partial charge on any atom is -0.504 e. The van der Waals surface area contributed by atoms with E-state index in [1.807, 2.05) is 19.1 Å². The number of phenols is 1. The highest BCUT2D eigenvalue weighted by Crippen LogP contribution is 2.28. The van der Waals surface area contributed by atoms with Crippen LogP contribution in [0.25, 0.3) is 0 Å². The Morgan fingerprint density at radius 1 is 1.45 bits per heavy atom. The van der Waals surface area contributed by atoms with Gasteiger partial charge in [-0.25, -0.2) is 0 Å². The van der Waals surface area contributed by atoms with E-state index in [-0.39, 0.29) is 5.75 Å².